The van der Waals surface area contributed by atoms with Crippen molar-refractivity contribution < 1.29 is 4.39 Å². The van der Waals surface area contributed by atoms with Gasteiger partial charge in [0.15, 0.2) is 0 Å². The van der Waals surface area contributed by atoms with Gasteiger partial charge in [0.25, 0.3) is 0 Å². The number of fused-ring (bicyclic) bond motifs is 1. The Bertz CT molecular complexity index is 927. The summed E-state index contributed by atoms with van der Waals surface area (Å²) in [6.45, 7) is 15.8. The topological polar surface area (TPSA) is 26.0 Å². The molecule has 0 amide bonds. The summed E-state index contributed by atoms with van der Waals surface area (Å²) in [6.07, 6.45) is 5.96. The molecule has 0 aromatic heterocycles. The van der Waals surface area contributed by atoms with Crippen LogP contribution in [0.4, 0.5) is 10.1 Å². The summed E-state index contributed by atoms with van der Waals surface area (Å²) in [5.74, 6) is 0. The first kappa shape index (κ1) is 24.3. The lowest BCUT2D eigenvalue weighted by Gasteiger charge is -2.16. The van der Waals surface area contributed by atoms with E-state index in [-0.39, 0.29) is 0 Å². The number of alkyl halides is 1. The molecule has 0 fully saturated rings. The maximum atomic E-state index is 14.0. The lowest BCUT2D eigenvalue weighted by molar-refractivity contribution is 0.166. The van der Waals surface area contributed by atoms with E-state index in [2.05, 4.69) is 44.3 Å². The van der Waals surface area contributed by atoms with Crippen LogP contribution < -0.4 is 5.73 Å². The minimum atomic E-state index is -1.00. The molecule has 2 aromatic rings. The fourth-order valence-corrected chi connectivity index (χ4v) is 4.09. The maximum absolute atomic E-state index is 14.0. The van der Waals surface area contributed by atoms with Crippen molar-refractivity contribution in [2.24, 2.45) is 0 Å². The average molecular weight is 426 g/mol. The second-order valence-corrected chi connectivity index (χ2v) is 9.69. The molecule has 162 valence electrons. The van der Waals surface area contributed by atoms with Gasteiger partial charge in [-0.3, -0.25) is 0 Å². The summed E-state index contributed by atoms with van der Waals surface area (Å²) in [4.78, 5) is 1.08. The largest absolute Gasteiger partial charge is 0.399 e. The number of allylic oxidation sites excluding steroid dienone is 1. The lowest BCUT2D eigenvalue weighted by atomic mass is 9.99. The molecule has 0 spiro atoms. The Morgan fingerprint density at radius 1 is 1.07 bits per heavy atom. The Hall–Kier alpha value is -2.00. The highest BCUT2D eigenvalue weighted by atomic mass is 32.2. The van der Waals surface area contributed by atoms with Crippen molar-refractivity contribution in [2.75, 3.05) is 12.0 Å². The number of aryl methyl sites for hydroxylation is 4. The van der Waals surface area contributed by atoms with Crippen LogP contribution in [-0.4, -0.2) is 11.9 Å². The molecule has 2 N–H and O–H groups in total. The summed E-state index contributed by atoms with van der Waals surface area (Å²) in [5.41, 5.74) is 14.4. The average Bonchev–Trinajstić information content (AvgIpc) is 2.83. The first-order valence-electron chi connectivity index (χ1n) is 10.6. The number of nitrogen functional groups attached to an aromatic ring is 1. The fraction of sp³-hybridized carbons (Fsp3) is 0.407. The van der Waals surface area contributed by atoms with E-state index in [4.69, 9.17) is 5.73 Å². The molecule has 2 aromatic carbocycles. The van der Waals surface area contributed by atoms with Crippen molar-refractivity contribution in [1.29, 1.82) is 0 Å². The minimum absolute atomic E-state index is 0.634. The molecule has 0 aliphatic heterocycles. The zero-order chi connectivity index (χ0) is 22.5. The van der Waals surface area contributed by atoms with Crippen LogP contribution in [0.25, 0.3) is 4.91 Å². The van der Waals surface area contributed by atoms with E-state index in [0.29, 0.717) is 12.8 Å². The zero-order valence-electron chi connectivity index (χ0n) is 19.2. The fourth-order valence-electron chi connectivity index (χ4n) is 3.72. The molecule has 1 unspecified atom stereocenters. The van der Waals surface area contributed by atoms with E-state index in [1.165, 1.54) is 33.4 Å². The number of benzene rings is 2. The SMILES string of the molecule is C=C(C)Cc1cc(C)c(N)cc1C.C=C(SC)c1ccc2c(c1)CCC(C)(F)CC2. The van der Waals surface area contributed by atoms with E-state index in [0.717, 1.165) is 35.4 Å². The van der Waals surface area contributed by atoms with Gasteiger partial charge >= 0.3 is 0 Å². The molecule has 0 saturated heterocycles. The van der Waals surface area contributed by atoms with E-state index in [1.54, 1.807) is 18.7 Å². The van der Waals surface area contributed by atoms with E-state index in [1.807, 2.05) is 26.2 Å². The molecule has 30 heavy (non-hydrogen) atoms. The number of hydrogen-bond donors (Lipinski definition) is 1. The predicted octanol–water partition coefficient (Wildman–Crippen LogP) is 7.63. The molecule has 3 heteroatoms. The lowest BCUT2D eigenvalue weighted by Crippen LogP contribution is -2.17. The van der Waals surface area contributed by atoms with Crippen molar-refractivity contribution >= 4 is 22.4 Å². The minimum Gasteiger partial charge on any atom is -0.399 e. The second-order valence-electron chi connectivity index (χ2n) is 8.79. The maximum Gasteiger partial charge on any atom is 0.109 e. The van der Waals surface area contributed by atoms with E-state index in [9.17, 15) is 4.39 Å². The molecule has 1 aliphatic rings. The van der Waals surface area contributed by atoms with Crippen LogP contribution in [0.2, 0.25) is 0 Å². The summed E-state index contributed by atoms with van der Waals surface area (Å²) in [6, 6.07) is 10.6. The van der Waals surface area contributed by atoms with Crippen LogP contribution in [0, 0.1) is 13.8 Å². The third-order valence-corrected chi connectivity index (χ3v) is 6.55. The molecule has 1 atom stereocenters. The van der Waals surface area contributed by atoms with Gasteiger partial charge in [-0.1, -0.05) is 43.0 Å². The predicted molar refractivity (Wildman–Crippen MR) is 134 cm³/mol. The van der Waals surface area contributed by atoms with Crippen molar-refractivity contribution in [2.45, 2.75) is 65.5 Å². The Kier molecular flexibility index (Phi) is 8.37. The number of thioether (sulfide) groups is 1. The molecule has 1 nitrogen and oxygen atoms in total. The van der Waals surface area contributed by atoms with Gasteiger partial charge in [0.05, 0.1) is 0 Å². The van der Waals surface area contributed by atoms with Crippen molar-refractivity contribution in [3.63, 3.8) is 0 Å². The van der Waals surface area contributed by atoms with Gasteiger partial charge in [-0.05, 0) is 106 Å². The Morgan fingerprint density at radius 3 is 2.30 bits per heavy atom. The van der Waals surface area contributed by atoms with Crippen LogP contribution in [0.1, 0.15) is 60.1 Å². The molecular formula is C27H36FNS. The Labute approximate surface area is 186 Å². The molecular weight excluding hydrogens is 389 g/mol. The van der Waals surface area contributed by atoms with Crippen molar-refractivity contribution in [3.8, 4) is 0 Å². The molecule has 3 rings (SSSR count). The molecule has 0 bridgehead atoms. The first-order valence-corrected chi connectivity index (χ1v) is 11.8. The zero-order valence-corrected chi connectivity index (χ0v) is 20.0. The second kappa shape index (κ2) is 10.3. The third kappa shape index (κ3) is 6.77. The summed E-state index contributed by atoms with van der Waals surface area (Å²) < 4.78 is 14.0. The Morgan fingerprint density at radius 2 is 1.70 bits per heavy atom. The highest BCUT2D eigenvalue weighted by molar-refractivity contribution is 8.07. The van der Waals surface area contributed by atoms with E-state index < -0.39 is 5.67 Å². The van der Waals surface area contributed by atoms with Crippen LogP contribution in [0.5, 0.6) is 0 Å². The number of nitrogens with two attached hydrogens (primary N) is 1. The molecule has 0 saturated carbocycles. The van der Waals surface area contributed by atoms with Gasteiger partial charge in [0.1, 0.15) is 5.67 Å². The number of rotatable bonds is 4. The highest BCUT2D eigenvalue weighted by Crippen LogP contribution is 2.33. The van der Waals surface area contributed by atoms with Gasteiger partial charge < -0.3 is 5.73 Å². The van der Waals surface area contributed by atoms with Crippen LogP contribution in [0.3, 0.4) is 0 Å². The van der Waals surface area contributed by atoms with Crippen LogP contribution in [-0.2, 0) is 19.3 Å². The normalized spacial score (nSPS) is 17.9. The summed E-state index contributed by atoms with van der Waals surface area (Å²) in [5, 5.41) is 0. The van der Waals surface area contributed by atoms with E-state index >= 15 is 0 Å². The summed E-state index contributed by atoms with van der Waals surface area (Å²) >= 11 is 1.67. The quantitative estimate of drug-likeness (QED) is 0.309. The van der Waals surface area contributed by atoms with Gasteiger partial charge in [-0.25, -0.2) is 4.39 Å². The molecule has 0 heterocycles. The van der Waals surface area contributed by atoms with Crippen molar-refractivity contribution in [3.05, 3.63) is 82.4 Å². The van der Waals surface area contributed by atoms with Crippen LogP contribution in [0.15, 0.2) is 49.1 Å². The van der Waals surface area contributed by atoms with Gasteiger partial charge in [-0.2, -0.15) is 0 Å². The number of anilines is 1. The molecule has 0 radical (unpaired) electrons. The standard InChI is InChI=1S/C15H19FS.C12H17N/c1-11(17-3)13-5-4-12-6-8-15(2,16)9-7-14(12)10-13;1-8(2)5-11-6-10(4)12(13)7-9(11)3/h4-5,10H,1,6-9H2,2-3H3;6-7H,1,5,13H2,2-4H3. The third-order valence-electron chi connectivity index (χ3n) is 5.82. The summed E-state index contributed by atoms with van der Waals surface area (Å²) in [7, 11) is 0. The van der Waals surface area contributed by atoms with Crippen LogP contribution >= 0.6 is 11.8 Å². The number of halogens is 1. The first-order chi connectivity index (χ1) is 14.0. The van der Waals surface area contributed by atoms with Crippen molar-refractivity contribution in [1.82, 2.24) is 0 Å². The van der Waals surface area contributed by atoms with Gasteiger partial charge in [-0.15, -0.1) is 11.8 Å². The smallest absolute Gasteiger partial charge is 0.109 e. The van der Waals surface area contributed by atoms with Gasteiger partial charge in [0, 0.05) is 10.6 Å². The van der Waals surface area contributed by atoms with Gasteiger partial charge in [0.2, 0.25) is 0 Å². The number of hydrogen-bond acceptors (Lipinski definition) is 2. The highest BCUT2D eigenvalue weighted by Gasteiger charge is 2.26. The monoisotopic (exact) mass is 425 g/mol. The molecule has 1 aliphatic carbocycles. The Balaban J connectivity index is 0.000000222.